The number of pyridine rings is 1. The van der Waals surface area contributed by atoms with Gasteiger partial charge in [-0.3, -0.25) is 4.40 Å². The van der Waals surface area contributed by atoms with E-state index in [0.29, 0.717) is 5.56 Å². The van der Waals surface area contributed by atoms with Crippen LogP contribution in [0.5, 0.6) is 0 Å². The Balaban J connectivity index is 2.60. The molecular weight excluding hydrogens is 295 g/mol. The summed E-state index contributed by atoms with van der Waals surface area (Å²) in [5.74, 6) is -0.337. The first-order chi connectivity index (χ1) is 6.72. The van der Waals surface area contributed by atoms with E-state index < -0.39 is 0 Å². The van der Waals surface area contributed by atoms with Crippen molar-refractivity contribution in [1.82, 2.24) is 9.38 Å². The average molecular weight is 302 g/mol. The average Bonchev–Trinajstić information content (AvgIpc) is 2.59. The number of carbonyl (C=O) groups excluding carboxylic acids is 1. The summed E-state index contributed by atoms with van der Waals surface area (Å²) in [7, 11) is 1.37. The summed E-state index contributed by atoms with van der Waals surface area (Å²) in [5.41, 5.74) is 1.48. The molecule has 0 unspecified atom stereocenters. The number of ether oxygens (including phenoxy) is 1. The van der Waals surface area contributed by atoms with Crippen molar-refractivity contribution in [3.8, 4) is 0 Å². The fourth-order valence-electron chi connectivity index (χ4n) is 1.20. The van der Waals surface area contributed by atoms with Crippen LogP contribution in [0.4, 0.5) is 0 Å². The molecule has 4 nitrogen and oxygen atoms in total. The lowest BCUT2D eigenvalue weighted by Gasteiger charge is -2.00. The van der Waals surface area contributed by atoms with Gasteiger partial charge in [0.1, 0.15) is 0 Å². The van der Waals surface area contributed by atoms with Gasteiger partial charge in [0.05, 0.1) is 24.4 Å². The Morgan fingerprint density at radius 1 is 1.57 bits per heavy atom. The van der Waals surface area contributed by atoms with Gasteiger partial charge in [0.2, 0.25) is 0 Å². The van der Waals surface area contributed by atoms with Crippen LogP contribution >= 0.6 is 22.6 Å². The van der Waals surface area contributed by atoms with Crippen LogP contribution in [0.1, 0.15) is 10.4 Å². The van der Waals surface area contributed by atoms with Gasteiger partial charge in [0.25, 0.3) is 0 Å². The molecule has 0 aliphatic carbocycles. The number of fused-ring (bicyclic) bond motifs is 1. The van der Waals surface area contributed by atoms with Gasteiger partial charge in [0, 0.05) is 28.8 Å². The van der Waals surface area contributed by atoms with Gasteiger partial charge in [-0.15, -0.1) is 0 Å². The van der Waals surface area contributed by atoms with Gasteiger partial charge >= 0.3 is 5.97 Å². The Kier molecular flexibility index (Phi) is 2.40. The van der Waals surface area contributed by atoms with E-state index in [1.165, 1.54) is 7.11 Å². The maximum atomic E-state index is 11.2. The van der Waals surface area contributed by atoms with Crippen molar-refractivity contribution in [2.45, 2.75) is 0 Å². The summed E-state index contributed by atoms with van der Waals surface area (Å²) in [6, 6.07) is 3.56. The van der Waals surface area contributed by atoms with Crippen molar-refractivity contribution in [2.75, 3.05) is 7.11 Å². The smallest absolute Gasteiger partial charge is 0.339 e. The summed E-state index contributed by atoms with van der Waals surface area (Å²) in [4.78, 5) is 15.4. The highest BCUT2D eigenvalue weighted by molar-refractivity contribution is 14.1. The van der Waals surface area contributed by atoms with E-state index in [-0.39, 0.29) is 5.97 Å². The minimum absolute atomic E-state index is 0.337. The Morgan fingerprint density at radius 3 is 3.07 bits per heavy atom. The highest BCUT2D eigenvalue weighted by Gasteiger charge is 2.07. The summed E-state index contributed by atoms with van der Waals surface area (Å²) in [5, 5.41) is 0. The van der Waals surface area contributed by atoms with Crippen LogP contribution in [0.15, 0.2) is 24.5 Å². The summed E-state index contributed by atoms with van der Waals surface area (Å²) < 4.78 is 7.29. The number of esters is 1. The summed E-state index contributed by atoms with van der Waals surface area (Å²) in [6.45, 7) is 0. The monoisotopic (exact) mass is 302 g/mol. The van der Waals surface area contributed by atoms with Crippen molar-refractivity contribution < 1.29 is 9.53 Å². The Labute approximate surface area is 94.0 Å². The summed E-state index contributed by atoms with van der Waals surface area (Å²) in [6.07, 6.45) is 3.47. The second kappa shape index (κ2) is 3.56. The maximum Gasteiger partial charge on any atom is 0.339 e. The van der Waals surface area contributed by atoms with Gasteiger partial charge < -0.3 is 4.74 Å². The van der Waals surface area contributed by atoms with Crippen molar-refractivity contribution >= 4 is 34.1 Å². The number of halogens is 1. The van der Waals surface area contributed by atoms with E-state index in [2.05, 4.69) is 32.3 Å². The topological polar surface area (TPSA) is 43.6 Å². The Bertz CT molecular complexity index is 493. The lowest BCUT2D eigenvalue weighted by molar-refractivity contribution is 0.0600. The number of aromatic nitrogens is 2. The first-order valence-corrected chi connectivity index (χ1v) is 5.01. The number of hydrogen-bond donors (Lipinski definition) is 0. The van der Waals surface area contributed by atoms with E-state index in [4.69, 9.17) is 0 Å². The van der Waals surface area contributed by atoms with Crippen LogP contribution in [0, 0.1) is 3.83 Å². The van der Waals surface area contributed by atoms with Crippen LogP contribution in [-0.2, 0) is 4.74 Å². The van der Waals surface area contributed by atoms with E-state index in [9.17, 15) is 4.79 Å². The molecule has 0 amide bonds. The first kappa shape index (κ1) is 9.45. The highest BCUT2D eigenvalue weighted by atomic mass is 127. The molecule has 0 saturated heterocycles. The zero-order chi connectivity index (χ0) is 10.1. The molecule has 2 aromatic rings. The van der Waals surface area contributed by atoms with Gasteiger partial charge in [-0.1, -0.05) is 0 Å². The molecule has 0 spiro atoms. The third-order valence-electron chi connectivity index (χ3n) is 1.90. The molecule has 2 aromatic heterocycles. The zero-order valence-electron chi connectivity index (χ0n) is 7.40. The fourth-order valence-corrected chi connectivity index (χ4v) is 1.75. The summed E-state index contributed by atoms with van der Waals surface area (Å²) >= 11 is 2.11. The number of rotatable bonds is 1. The van der Waals surface area contributed by atoms with Crippen molar-refractivity contribution in [2.24, 2.45) is 0 Å². The lowest BCUT2D eigenvalue weighted by atomic mass is 10.3. The Morgan fingerprint density at radius 2 is 2.36 bits per heavy atom. The van der Waals surface area contributed by atoms with E-state index in [1.54, 1.807) is 18.5 Å². The molecule has 72 valence electrons. The molecule has 0 bridgehead atoms. The molecule has 0 fully saturated rings. The van der Waals surface area contributed by atoms with Gasteiger partial charge in [-0.25, -0.2) is 9.78 Å². The molecule has 0 aliphatic rings. The van der Waals surface area contributed by atoms with E-state index >= 15 is 0 Å². The van der Waals surface area contributed by atoms with Crippen LogP contribution in [0.2, 0.25) is 0 Å². The molecule has 14 heavy (non-hydrogen) atoms. The standard InChI is InChI=1S/C9H7IN2O2/c1-14-8(13)6-2-3-7-4-11-9(10)12(7)5-6/h2-5H,1H3. The molecule has 2 rings (SSSR count). The molecule has 0 atom stereocenters. The van der Waals surface area contributed by atoms with Crippen LogP contribution in [-0.4, -0.2) is 22.5 Å². The van der Waals surface area contributed by atoms with Crippen LogP contribution in [0.25, 0.3) is 5.52 Å². The number of methoxy groups -OCH3 is 1. The lowest BCUT2D eigenvalue weighted by Crippen LogP contribution is -2.02. The SMILES string of the molecule is COC(=O)c1ccc2cnc(I)n2c1. The third kappa shape index (κ3) is 1.47. The first-order valence-electron chi connectivity index (χ1n) is 3.93. The van der Waals surface area contributed by atoms with Crippen LogP contribution in [0.3, 0.4) is 0 Å². The molecule has 0 aliphatic heterocycles. The maximum absolute atomic E-state index is 11.2. The number of hydrogen-bond acceptors (Lipinski definition) is 3. The van der Waals surface area contributed by atoms with E-state index in [0.717, 1.165) is 9.35 Å². The quantitative estimate of drug-likeness (QED) is 0.595. The van der Waals surface area contributed by atoms with Crippen molar-refractivity contribution in [3.05, 3.63) is 33.9 Å². The number of imidazole rings is 1. The minimum Gasteiger partial charge on any atom is -0.465 e. The molecule has 5 heteroatoms. The second-order valence-electron chi connectivity index (χ2n) is 2.73. The highest BCUT2D eigenvalue weighted by Crippen LogP contribution is 2.11. The second-order valence-corrected chi connectivity index (χ2v) is 3.70. The normalized spacial score (nSPS) is 10.4. The number of nitrogens with zero attached hydrogens (tertiary/aromatic N) is 2. The number of carbonyl (C=O) groups is 1. The van der Waals surface area contributed by atoms with Gasteiger partial charge in [-0.2, -0.15) is 0 Å². The fraction of sp³-hybridized carbons (Fsp3) is 0.111. The third-order valence-corrected chi connectivity index (χ3v) is 2.70. The molecular formula is C9H7IN2O2. The molecule has 0 radical (unpaired) electrons. The van der Waals surface area contributed by atoms with Crippen molar-refractivity contribution in [3.63, 3.8) is 0 Å². The van der Waals surface area contributed by atoms with E-state index in [1.807, 2.05) is 10.5 Å². The molecule has 0 N–H and O–H groups in total. The minimum atomic E-state index is -0.337. The molecule has 0 saturated carbocycles. The van der Waals surface area contributed by atoms with Crippen molar-refractivity contribution in [1.29, 1.82) is 0 Å². The van der Waals surface area contributed by atoms with Gasteiger partial charge in [0.15, 0.2) is 3.83 Å². The Hall–Kier alpha value is -1.11. The molecule has 2 heterocycles. The van der Waals surface area contributed by atoms with Gasteiger partial charge in [-0.05, 0) is 12.1 Å². The molecule has 0 aromatic carbocycles. The predicted octanol–water partition coefficient (Wildman–Crippen LogP) is 1.73. The predicted molar refractivity (Wildman–Crippen MR) is 59.2 cm³/mol. The van der Waals surface area contributed by atoms with Crippen LogP contribution < -0.4 is 0 Å². The largest absolute Gasteiger partial charge is 0.465 e. The zero-order valence-corrected chi connectivity index (χ0v) is 9.56.